The highest BCUT2D eigenvalue weighted by molar-refractivity contribution is 7.92. The first-order valence-corrected chi connectivity index (χ1v) is 12.1. The third kappa shape index (κ3) is 5.96. The Morgan fingerprint density at radius 2 is 1.43 bits per heavy atom. The van der Waals surface area contributed by atoms with Gasteiger partial charge >= 0.3 is 0 Å². The highest BCUT2D eigenvalue weighted by Gasteiger charge is 2.27. The van der Waals surface area contributed by atoms with Crippen molar-refractivity contribution in [1.82, 2.24) is 5.32 Å². The van der Waals surface area contributed by atoms with E-state index in [2.05, 4.69) is 5.32 Å². The van der Waals surface area contributed by atoms with Crippen molar-refractivity contribution in [3.8, 4) is 23.0 Å². The lowest BCUT2D eigenvalue weighted by Crippen LogP contribution is -2.40. The SMILES string of the molecule is COc1ccc(S(=O)(=O)N(CC(=O)NCc2cc(OC)c(OC)c(OC)c2)c2ccccc2)cc1. The Labute approximate surface area is 205 Å². The van der Waals surface area contributed by atoms with E-state index in [1.807, 2.05) is 0 Å². The fourth-order valence-electron chi connectivity index (χ4n) is 3.41. The molecule has 0 aliphatic carbocycles. The monoisotopic (exact) mass is 500 g/mol. The van der Waals surface area contributed by atoms with Crippen molar-refractivity contribution in [2.45, 2.75) is 11.4 Å². The van der Waals surface area contributed by atoms with E-state index >= 15 is 0 Å². The molecule has 0 aliphatic heterocycles. The van der Waals surface area contributed by atoms with Gasteiger partial charge in [-0.05, 0) is 54.1 Å². The van der Waals surface area contributed by atoms with Gasteiger partial charge in [0.1, 0.15) is 12.3 Å². The van der Waals surface area contributed by atoms with Gasteiger partial charge in [-0.2, -0.15) is 0 Å². The number of hydrogen-bond acceptors (Lipinski definition) is 7. The maximum absolute atomic E-state index is 13.4. The molecule has 0 unspecified atom stereocenters. The summed E-state index contributed by atoms with van der Waals surface area (Å²) in [6.45, 7) is -0.288. The minimum Gasteiger partial charge on any atom is -0.497 e. The van der Waals surface area contributed by atoms with Crippen molar-refractivity contribution < 1.29 is 32.2 Å². The Hall–Kier alpha value is -3.92. The largest absolute Gasteiger partial charge is 0.497 e. The number of nitrogens with one attached hydrogen (secondary N) is 1. The summed E-state index contributed by atoms with van der Waals surface area (Å²) in [5, 5.41) is 2.76. The molecule has 3 aromatic carbocycles. The molecule has 9 nitrogen and oxygen atoms in total. The number of ether oxygens (including phenoxy) is 4. The predicted octanol–water partition coefficient (Wildman–Crippen LogP) is 3.23. The zero-order valence-corrected chi connectivity index (χ0v) is 20.8. The van der Waals surface area contributed by atoms with Gasteiger partial charge in [-0.1, -0.05) is 18.2 Å². The molecule has 0 radical (unpaired) electrons. The van der Waals surface area contributed by atoms with Crippen LogP contribution in [0.4, 0.5) is 5.69 Å². The molecule has 0 atom stereocenters. The van der Waals surface area contributed by atoms with E-state index in [-0.39, 0.29) is 11.4 Å². The summed E-state index contributed by atoms with van der Waals surface area (Å²) in [6, 6.07) is 17.9. The van der Waals surface area contributed by atoms with Crippen molar-refractivity contribution in [3.63, 3.8) is 0 Å². The standard InChI is InChI=1S/C25H28N2O7S/c1-31-20-10-12-21(13-11-20)35(29,30)27(19-8-6-5-7-9-19)17-24(28)26-16-18-14-22(32-2)25(34-4)23(15-18)33-3/h5-15H,16-17H2,1-4H3,(H,26,28). The quantitative estimate of drug-likeness (QED) is 0.431. The normalized spacial score (nSPS) is 10.9. The number of carbonyl (C=O) groups excluding carboxylic acids is 1. The molecule has 0 bridgehead atoms. The molecule has 186 valence electrons. The van der Waals surface area contributed by atoms with Crippen LogP contribution in [0.2, 0.25) is 0 Å². The Bertz CT molecular complexity index is 1220. The number of para-hydroxylation sites is 1. The van der Waals surface area contributed by atoms with Crippen LogP contribution in [0.15, 0.2) is 71.6 Å². The van der Waals surface area contributed by atoms with E-state index in [9.17, 15) is 13.2 Å². The average Bonchev–Trinajstić information content (AvgIpc) is 2.90. The molecular formula is C25H28N2O7S. The summed E-state index contributed by atoms with van der Waals surface area (Å²) in [7, 11) is 1.98. The van der Waals surface area contributed by atoms with E-state index < -0.39 is 22.5 Å². The highest BCUT2D eigenvalue weighted by Crippen LogP contribution is 2.38. The molecule has 1 amide bonds. The van der Waals surface area contributed by atoms with Gasteiger partial charge in [0, 0.05) is 6.54 Å². The number of amides is 1. The number of methoxy groups -OCH3 is 4. The van der Waals surface area contributed by atoms with Crippen LogP contribution in [0.25, 0.3) is 0 Å². The number of anilines is 1. The van der Waals surface area contributed by atoms with Crippen LogP contribution in [0.3, 0.4) is 0 Å². The summed E-state index contributed by atoms with van der Waals surface area (Å²) in [5.74, 6) is 1.37. The van der Waals surface area contributed by atoms with Gasteiger partial charge < -0.3 is 24.3 Å². The maximum Gasteiger partial charge on any atom is 0.264 e. The van der Waals surface area contributed by atoms with Gasteiger partial charge in [-0.3, -0.25) is 9.10 Å². The zero-order chi connectivity index (χ0) is 25.4. The molecule has 3 rings (SSSR count). The average molecular weight is 501 g/mol. The van der Waals surface area contributed by atoms with E-state index in [0.717, 1.165) is 4.31 Å². The molecule has 0 fully saturated rings. The van der Waals surface area contributed by atoms with E-state index in [1.54, 1.807) is 54.6 Å². The third-order valence-electron chi connectivity index (χ3n) is 5.19. The molecule has 35 heavy (non-hydrogen) atoms. The summed E-state index contributed by atoms with van der Waals surface area (Å²) in [4.78, 5) is 12.9. The van der Waals surface area contributed by atoms with Gasteiger partial charge in [0.15, 0.2) is 11.5 Å². The molecule has 0 aromatic heterocycles. The number of rotatable bonds is 11. The first-order chi connectivity index (χ1) is 16.8. The molecule has 0 saturated carbocycles. The van der Waals surface area contributed by atoms with Crippen molar-refractivity contribution in [2.75, 3.05) is 39.3 Å². The fourth-order valence-corrected chi connectivity index (χ4v) is 4.83. The zero-order valence-electron chi connectivity index (χ0n) is 20.0. The second kappa shape index (κ2) is 11.5. The van der Waals surface area contributed by atoms with Crippen molar-refractivity contribution >= 4 is 21.6 Å². The predicted molar refractivity (Wildman–Crippen MR) is 132 cm³/mol. The number of benzene rings is 3. The van der Waals surface area contributed by atoms with Crippen molar-refractivity contribution in [2.24, 2.45) is 0 Å². The lowest BCUT2D eigenvalue weighted by molar-refractivity contribution is -0.119. The van der Waals surface area contributed by atoms with Crippen LogP contribution in [0.5, 0.6) is 23.0 Å². The van der Waals surface area contributed by atoms with Crippen LogP contribution in [0.1, 0.15) is 5.56 Å². The first-order valence-electron chi connectivity index (χ1n) is 10.6. The Balaban J connectivity index is 1.83. The van der Waals surface area contributed by atoms with Crippen LogP contribution < -0.4 is 28.6 Å². The molecule has 1 N–H and O–H groups in total. The topological polar surface area (TPSA) is 103 Å². The lowest BCUT2D eigenvalue weighted by atomic mass is 10.1. The first kappa shape index (κ1) is 25.7. The van der Waals surface area contributed by atoms with E-state index in [4.69, 9.17) is 18.9 Å². The van der Waals surface area contributed by atoms with Gasteiger partial charge in [0.05, 0.1) is 39.0 Å². The summed E-state index contributed by atoms with van der Waals surface area (Å²) >= 11 is 0. The Morgan fingerprint density at radius 1 is 0.829 bits per heavy atom. The van der Waals surface area contributed by atoms with Gasteiger partial charge in [-0.25, -0.2) is 8.42 Å². The Kier molecular flexibility index (Phi) is 8.43. The summed E-state index contributed by atoms with van der Waals surface area (Å²) < 4.78 is 49.1. The second-order valence-corrected chi connectivity index (χ2v) is 9.20. The maximum atomic E-state index is 13.4. The molecule has 0 aliphatic rings. The fraction of sp³-hybridized carbons (Fsp3) is 0.240. The minimum absolute atomic E-state index is 0.0413. The van der Waals surface area contributed by atoms with Crippen LogP contribution in [-0.4, -0.2) is 49.3 Å². The molecule has 0 saturated heterocycles. The highest BCUT2D eigenvalue weighted by atomic mass is 32.2. The molecule has 3 aromatic rings. The molecule has 10 heteroatoms. The van der Waals surface area contributed by atoms with Gasteiger partial charge in [0.2, 0.25) is 11.7 Å². The summed E-state index contributed by atoms with van der Waals surface area (Å²) in [6.07, 6.45) is 0. The molecule has 0 heterocycles. The number of sulfonamides is 1. The third-order valence-corrected chi connectivity index (χ3v) is 6.98. The number of carbonyl (C=O) groups is 1. The van der Waals surface area contributed by atoms with E-state index in [0.29, 0.717) is 34.2 Å². The smallest absolute Gasteiger partial charge is 0.264 e. The van der Waals surface area contributed by atoms with Crippen LogP contribution in [0, 0.1) is 0 Å². The number of hydrogen-bond donors (Lipinski definition) is 1. The van der Waals surface area contributed by atoms with Crippen molar-refractivity contribution in [1.29, 1.82) is 0 Å². The minimum atomic E-state index is -4.03. The second-order valence-electron chi connectivity index (χ2n) is 7.33. The van der Waals surface area contributed by atoms with Crippen molar-refractivity contribution in [3.05, 3.63) is 72.3 Å². The summed E-state index contributed by atoms with van der Waals surface area (Å²) in [5.41, 5.74) is 1.06. The van der Waals surface area contributed by atoms with E-state index in [1.165, 1.54) is 40.6 Å². The van der Waals surface area contributed by atoms with Crippen LogP contribution >= 0.6 is 0 Å². The van der Waals surface area contributed by atoms with Gasteiger partial charge in [-0.15, -0.1) is 0 Å². The van der Waals surface area contributed by atoms with Gasteiger partial charge in [0.25, 0.3) is 10.0 Å². The number of nitrogens with zero attached hydrogens (tertiary/aromatic N) is 1. The Morgan fingerprint density at radius 3 is 1.94 bits per heavy atom. The molecule has 0 spiro atoms. The molecular weight excluding hydrogens is 472 g/mol. The van der Waals surface area contributed by atoms with Crippen LogP contribution in [-0.2, 0) is 21.4 Å². The lowest BCUT2D eigenvalue weighted by Gasteiger charge is -2.24.